The summed E-state index contributed by atoms with van der Waals surface area (Å²) in [5.74, 6) is 0.768. The largest absolute Gasteiger partial charge is 0.493 e. The van der Waals surface area contributed by atoms with Gasteiger partial charge in [0, 0.05) is 17.7 Å². The monoisotopic (exact) mass is 273 g/mol. The normalized spacial score (nSPS) is 10.5. The molecule has 1 aromatic carbocycles. The second kappa shape index (κ2) is 6.86. The van der Waals surface area contributed by atoms with Gasteiger partial charge in [-0.25, -0.2) is 5.10 Å². The molecule has 1 heterocycles. The van der Waals surface area contributed by atoms with Crippen molar-refractivity contribution in [2.24, 2.45) is 0 Å². The van der Waals surface area contributed by atoms with E-state index in [9.17, 15) is 4.79 Å². The van der Waals surface area contributed by atoms with Crippen LogP contribution in [0.2, 0.25) is 0 Å². The Morgan fingerprint density at radius 1 is 1.30 bits per heavy atom. The van der Waals surface area contributed by atoms with Gasteiger partial charge in [0.05, 0.1) is 12.3 Å². The Morgan fingerprint density at radius 3 is 2.85 bits per heavy atom. The summed E-state index contributed by atoms with van der Waals surface area (Å²) in [5.41, 5.74) is 2.09. The third-order valence-electron chi connectivity index (χ3n) is 2.91. The number of aromatic amines is 1. The van der Waals surface area contributed by atoms with Crippen LogP contribution in [0.4, 0.5) is 0 Å². The average Bonchev–Trinajstić information content (AvgIpc) is 2.47. The summed E-state index contributed by atoms with van der Waals surface area (Å²) in [6, 6.07) is 9.48. The van der Waals surface area contributed by atoms with Crippen molar-refractivity contribution >= 4 is 0 Å². The smallest absolute Gasteiger partial charge is 0.268 e. The van der Waals surface area contributed by atoms with E-state index >= 15 is 0 Å². The lowest BCUT2D eigenvalue weighted by molar-refractivity contribution is 0.341. The lowest BCUT2D eigenvalue weighted by Crippen LogP contribution is -2.21. The highest BCUT2D eigenvalue weighted by Crippen LogP contribution is 2.27. The molecule has 0 aliphatic rings. The summed E-state index contributed by atoms with van der Waals surface area (Å²) in [6.45, 7) is 5.86. The molecule has 5 heteroatoms. The molecule has 5 nitrogen and oxygen atoms in total. The second-order valence-corrected chi connectivity index (χ2v) is 4.32. The SMILES string of the molecule is CCNCc1cc(-c2ccccc2OCC)n[nH]c1=O. The van der Waals surface area contributed by atoms with Crippen molar-refractivity contribution < 1.29 is 4.74 Å². The third-order valence-corrected chi connectivity index (χ3v) is 2.91. The van der Waals surface area contributed by atoms with Crippen LogP contribution >= 0.6 is 0 Å². The Labute approximate surface area is 118 Å². The van der Waals surface area contributed by atoms with Gasteiger partial charge < -0.3 is 10.1 Å². The van der Waals surface area contributed by atoms with Crippen LogP contribution in [0.5, 0.6) is 5.75 Å². The molecule has 0 aliphatic carbocycles. The van der Waals surface area contributed by atoms with E-state index in [1.54, 1.807) is 6.07 Å². The van der Waals surface area contributed by atoms with Gasteiger partial charge in [-0.2, -0.15) is 5.10 Å². The first-order valence-electron chi connectivity index (χ1n) is 6.77. The second-order valence-electron chi connectivity index (χ2n) is 4.32. The number of nitrogens with zero attached hydrogens (tertiary/aromatic N) is 1. The number of nitrogens with one attached hydrogen (secondary N) is 2. The number of hydrogen-bond acceptors (Lipinski definition) is 4. The maximum atomic E-state index is 11.7. The van der Waals surface area contributed by atoms with Crippen LogP contribution in [0.1, 0.15) is 19.4 Å². The number of H-pyrrole nitrogens is 1. The molecule has 20 heavy (non-hydrogen) atoms. The number of benzene rings is 1. The van der Waals surface area contributed by atoms with Gasteiger partial charge in [-0.1, -0.05) is 19.1 Å². The highest BCUT2D eigenvalue weighted by Gasteiger charge is 2.09. The molecular formula is C15H19N3O2. The minimum Gasteiger partial charge on any atom is -0.493 e. The molecule has 0 saturated heterocycles. The van der Waals surface area contributed by atoms with Crippen molar-refractivity contribution in [3.63, 3.8) is 0 Å². The fourth-order valence-corrected chi connectivity index (χ4v) is 1.93. The highest BCUT2D eigenvalue weighted by molar-refractivity contribution is 5.67. The van der Waals surface area contributed by atoms with E-state index in [1.165, 1.54) is 0 Å². The van der Waals surface area contributed by atoms with Crippen LogP contribution < -0.4 is 15.6 Å². The molecule has 0 fully saturated rings. The van der Waals surface area contributed by atoms with E-state index in [0.717, 1.165) is 17.9 Å². The van der Waals surface area contributed by atoms with Crippen molar-refractivity contribution in [3.05, 3.63) is 46.2 Å². The van der Waals surface area contributed by atoms with E-state index in [0.29, 0.717) is 24.4 Å². The first kappa shape index (κ1) is 14.3. The van der Waals surface area contributed by atoms with Gasteiger partial charge in [-0.15, -0.1) is 0 Å². The van der Waals surface area contributed by atoms with Gasteiger partial charge in [0.2, 0.25) is 0 Å². The highest BCUT2D eigenvalue weighted by atomic mass is 16.5. The van der Waals surface area contributed by atoms with Crippen LogP contribution in [-0.2, 0) is 6.54 Å². The molecular weight excluding hydrogens is 254 g/mol. The van der Waals surface area contributed by atoms with E-state index in [-0.39, 0.29) is 5.56 Å². The maximum absolute atomic E-state index is 11.7. The quantitative estimate of drug-likeness (QED) is 0.844. The molecule has 0 aliphatic heterocycles. The van der Waals surface area contributed by atoms with Crippen LogP contribution in [-0.4, -0.2) is 23.3 Å². The number of hydrogen-bond donors (Lipinski definition) is 2. The molecule has 2 N–H and O–H groups in total. The van der Waals surface area contributed by atoms with Crippen molar-refractivity contribution in [1.29, 1.82) is 0 Å². The summed E-state index contributed by atoms with van der Waals surface area (Å²) >= 11 is 0. The molecule has 0 atom stereocenters. The molecule has 0 unspecified atom stereocenters. The Balaban J connectivity index is 2.40. The van der Waals surface area contributed by atoms with Crippen LogP contribution in [0.15, 0.2) is 35.1 Å². The first-order chi connectivity index (χ1) is 9.76. The molecule has 0 amide bonds. The predicted octanol–water partition coefficient (Wildman–Crippen LogP) is 1.95. The van der Waals surface area contributed by atoms with E-state index in [1.807, 2.05) is 38.1 Å². The molecule has 106 valence electrons. The van der Waals surface area contributed by atoms with Crippen molar-refractivity contribution in [2.45, 2.75) is 20.4 Å². The summed E-state index contributed by atoms with van der Waals surface area (Å²) in [6.07, 6.45) is 0. The van der Waals surface area contributed by atoms with Gasteiger partial charge in [-0.3, -0.25) is 4.79 Å². The fraction of sp³-hybridized carbons (Fsp3) is 0.333. The zero-order valence-electron chi connectivity index (χ0n) is 11.8. The molecule has 0 radical (unpaired) electrons. The van der Waals surface area contributed by atoms with Gasteiger partial charge >= 0.3 is 0 Å². The first-order valence-corrected chi connectivity index (χ1v) is 6.77. The molecule has 2 rings (SSSR count). The van der Waals surface area contributed by atoms with Crippen molar-refractivity contribution in [2.75, 3.05) is 13.2 Å². The molecule has 0 spiro atoms. The Morgan fingerprint density at radius 2 is 2.10 bits per heavy atom. The predicted molar refractivity (Wildman–Crippen MR) is 78.8 cm³/mol. The minimum absolute atomic E-state index is 0.163. The summed E-state index contributed by atoms with van der Waals surface area (Å²) in [5, 5.41) is 9.80. The fourth-order valence-electron chi connectivity index (χ4n) is 1.93. The number of ether oxygens (including phenoxy) is 1. The maximum Gasteiger partial charge on any atom is 0.268 e. The molecule has 2 aromatic rings. The molecule has 1 aromatic heterocycles. The summed E-state index contributed by atoms with van der Waals surface area (Å²) in [4.78, 5) is 11.7. The van der Waals surface area contributed by atoms with Crippen molar-refractivity contribution in [1.82, 2.24) is 15.5 Å². The van der Waals surface area contributed by atoms with Gasteiger partial charge in [-0.05, 0) is 31.7 Å². The number of rotatable bonds is 6. The average molecular weight is 273 g/mol. The van der Waals surface area contributed by atoms with Crippen LogP contribution in [0.3, 0.4) is 0 Å². The topological polar surface area (TPSA) is 67.0 Å². The lowest BCUT2D eigenvalue weighted by Gasteiger charge is -2.10. The number of para-hydroxylation sites is 1. The summed E-state index contributed by atoms with van der Waals surface area (Å²) < 4.78 is 5.60. The summed E-state index contributed by atoms with van der Waals surface area (Å²) in [7, 11) is 0. The zero-order chi connectivity index (χ0) is 14.4. The number of aromatic nitrogens is 2. The Kier molecular flexibility index (Phi) is 4.90. The lowest BCUT2D eigenvalue weighted by atomic mass is 10.1. The van der Waals surface area contributed by atoms with E-state index in [2.05, 4.69) is 15.5 Å². The van der Waals surface area contributed by atoms with E-state index < -0.39 is 0 Å². The third kappa shape index (κ3) is 3.24. The molecule has 0 saturated carbocycles. The van der Waals surface area contributed by atoms with Crippen LogP contribution in [0, 0.1) is 0 Å². The van der Waals surface area contributed by atoms with Crippen LogP contribution in [0.25, 0.3) is 11.3 Å². The minimum atomic E-state index is -0.163. The van der Waals surface area contributed by atoms with E-state index in [4.69, 9.17) is 4.74 Å². The Bertz CT molecular complexity index is 623. The molecule has 0 bridgehead atoms. The van der Waals surface area contributed by atoms with Gasteiger partial charge in [0.1, 0.15) is 5.75 Å². The Hall–Kier alpha value is -2.14. The zero-order valence-corrected chi connectivity index (χ0v) is 11.8. The van der Waals surface area contributed by atoms with Gasteiger partial charge in [0.15, 0.2) is 0 Å². The standard InChI is InChI=1S/C15H19N3O2/c1-3-16-10-11-9-13(17-18-15(11)19)12-7-5-6-8-14(12)20-4-2/h5-9,16H,3-4,10H2,1-2H3,(H,18,19). The van der Waals surface area contributed by atoms with Gasteiger partial charge in [0.25, 0.3) is 5.56 Å². The van der Waals surface area contributed by atoms with Crippen molar-refractivity contribution in [3.8, 4) is 17.0 Å².